The van der Waals surface area contributed by atoms with Gasteiger partial charge in [-0.3, -0.25) is 5.10 Å². The number of aliphatic carboxylic acids is 1. The van der Waals surface area contributed by atoms with E-state index >= 15 is 0 Å². The van der Waals surface area contributed by atoms with E-state index in [1.54, 1.807) is 6.07 Å². The first kappa shape index (κ1) is 28.2. The summed E-state index contributed by atoms with van der Waals surface area (Å²) in [6.45, 7) is 1.89. The molecule has 0 aliphatic carbocycles. The van der Waals surface area contributed by atoms with Crippen molar-refractivity contribution >= 4 is 5.97 Å². The fraction of sp³-hybridized carbons (Fsp3) is 0.316. The van der Waals surface area contributed by atoms with E-state index in [9.17, 15) is 30.7 Å². The monoisotopic (exact) mass is 551 g/mol. The lowest BCUT2D eigenvalue weighted by Crippen LogP contribution is -2.21. The summed E-state index contributed by atoms with van der Waals surface area (Å²) in [5.74, 6) is -4.42. The van der Waals surface area contributed by atoms with E-state index in [4.69, 9.17) is 14.4 Å². The molecule has 0 bridgehead atoms. The molecule has 38 heavy (non-hydrogen) atoms. The fourth-order valence-electron chi connectivity index (χ4n) is 2.75. The van der Waals surface area contributed by atoms with Crippen molar-refractivity contribution in [2.75, 3.05) is 14.1 Å². The van der Waals surface area contributed by atoms with Crippen LogP contribution in [0.4, 0.5) is 30.7 Å². The molecule has 3 aromatic heterocycles. The van der Waals surface area contributed by atoms with Crippen LogP contribution in [-0.2, 0) is 17.5 Å². The lowest BCUT2D eigenvalue weighted by Gasteiger charge is -2.10. The van der Waals surface area contributed by atoms with Gasteiger partial charge in [0.1, 0.15) is 11.6 Å². The van der Waals surface area contributed by atoms with Gasteiger partial charge < -0.3 is 14.5 Å². The molecule has 0 aliphatic rings. The van der Waals surface area contributed by atoms with Crippen molar-refractivity contribution < 1.29 is 45.2 Å². The Morgan fingerprint density at radius 1 is 1.11 bits per heavy atom. The number of nitrogens with one attached hydrogen (secondary N) is 1. The first-order valence-electron chi connectivity index (χ1n) is 10.1. The molecule has 204 valence electrons. The third-order valence-corrected chi connectivity index (χ3v) is 4.35. The molecule has 19 heteroatoms. The van der Waals surface area contributed by atoms with Crippen molar-refractivity contribution in [2.24, 2.45) is 0 Å². The van der Waals surface area contributed by atoms with Gasteiger partial charge in [0.05, 0.1) is 0 Å². The summed E-state index contributed by atoms with van der Waals surface area (Å²) in [5.41, 5.74) is 0.977. The van der Waals surface area contributed by atoms with Gasteiger partial charge in [-0.05, 0) is 39.2 Å². The summed E-state index contributed by atoms with van der Waals surface area (Å²) in [6, 6.07) is 4.42. The Bertz CT molecular complexity index is 1420. The van der Waals surface area contributed by atoms with Crippen molar-refractivity contribution in [1.29, 1.82) is 0 Å². The summed E-state index contributed by atoms with van der Waals surface area (Å²) < 4.78 is 90.1. The summed E-state index contributed by atoms with van der Waals surface area (Å²) in [4.78, 5) is 22.4. The third-order valence-electron chi connectivity index (χ3n) is 4.35. The van der Waals surface area contributed by atoms with Crippen molar-refractivity contribution in [3.8, 4) is 29.1 Å². The lowest BCUT2D eigenvalue weighted by atomic mass is 10.1. The molecule has 4 aromatic rings. The zero-order valence-corrected chi connectivity index (χ0v) is 19.4. The summed E-state index contributed by atoms with van der Waals surface area (Å²) in [7, 11) is 3.63. The number of aryl methyl sites for hydroxylation is 1. The number of carbonyl (C=O) groups is 1. The summed E-state index contributed by atoms with van der Waals surface area (Å²) in [5, 5.41) is 20.4. The van der Waals surface area contributed by atoms with Gasteiger partial charge in [0.15, 0.2) is 0 Å². The highest BCUT2D eigenvalue weighted by Gasteiger charge is 2.38. The first-order valence-corrected chi connectivity index (χ1v) is 10.1. The van der Waals surface area contributed by atoms with Gasteiger partial charge in [-0.15, -0.1) is 10.2 Å². The van der Waals surface area contributed by atoms with Crippen LogP contribution in [-0.4, -0.2) is 76.3 Å². The molecule has 0 saturated carbocycles. The topological polar surface area (TPSA) is 152 Å². The average Bonchev–Trinajstić information content (AvgIpc) is 3.53. The standard InChI is InChI=1S/C17H15F4N9O.C2HF3O2/c1-8-22-13(27-30(8)16-24-15(25-26-16)17(19,20)21)14-23-12(28-31-14)9-4-5-11(18)10(6-9)7-29(2)3;3-2(4,5)1(6)7/h4-6H,7H2,1-3H3,(H,24,25,26);(H,6,7). The second-order valence-electron chi connectivity index (χ2n) is 7.65. The summed E-state index contributed by atoms with van der Waals surface area (Å²) in [6.07, 6.45) is -9.76. The Labute approximate surface area is 207 Å². The molecule has 0 fully saturated rings. The largest absolute Gasteiger partial charge is 0.490 e. The predicted molar refractivity (Wildman–Crippen MR) is 111 cm³/mol. The number of H-pyrrole nitrogens is 1. The van der Waals surface area contributed by atoms with E-state index in [0.29, 0.717) is 17.7 Å². The average molecular weight is 551 g/mol. The smallest absolute Gasteiger partial charge is 0.475 e. The minimum absolute atomic E-state index is 0.0229. The van der Waals surface area contributed by atoms with Gasteiger partial charge in [0.25, 0.3) is 11.8 Å². The SMILES string of the molecule is Cc1nc(-c2nc(-c3ccc(F)c(CN(C)C)c3)no2)nn1-c1n[nH]c(C(F)(F)F)n1.O=C(O)C(F)(F)F. The molecule has 0 spiro atoms. The minimum Gasteiger partial charge on any atom is -0.475 e. The second kappa shape index (κ2) is 10.5. The molecule has 0 amide bonds. The number of aromatic nitrogens is 8. The Morgan fingerprint density at radius 2 is 1.76 bits per heavy atom. The number of benzene rings is 1. The van der Waals surface area contributed by atoms with Crippen LogP contribution in [0.2, 0.25) is 0 Å². The van der Waals surface area contributed by atoms with Crippen molar-refractivity contribution in [3.05, 3.63) is 41.2 Å². The zero-order valence-electron chi connectivity index (χ0n) is 19.4. The van der Waals surface area contributed by atoms with E-state index in [-0.39, 0.29) is 35.1 Å². The van der Waals surface area contributed by atoms with Crippen LogP contribution in [0.1, 0.15) is 17.2 Å². The van der Waals surface area contributed by atoms with Gasteiger partial charge in [-0.2, -0.15) is 41.0 Å². The van der Waals surface area contributed by atoms with Crippen LogP contribution >= 0.6 is 0 Å². The van der Waals surface area contributed by atoms with Gasteiger partial charge in [-0.25, -0.2) is 14.2 Å². The highest BCUT2D eigenvalue weighted by molar-refractivity contribution is 5.73. The number of alkyl halides is 6. The number of carboxylic acid groups (broad SMARTS) is 1. The Hall–Kier alpha value is -4.42. The highest BCUT2D eigenvalue weighted by Crippen LogP contribution is 2.27. The molecule has 4 rings (SSSR count). The van der Waals surface area contributed by atoms with Crippen LogP contribution in [0.3, 0.4) is 0 Å². The Morgan fingerprint density at radius 3 is 2.32 bits per heavy atom. The Kier molecular flexibility index (Phi) is 7.79. The summed E-state index contributed by atoms with van der Waals surface area (Å²) >= 11 is 0. The van der Waals surface area contributed by atoms with Crippen LogP contribution in [0.25, 0.3) is 29.1 Å². The molecule has 1 aromatic carbocycles. The molecule has 12 nitrogen and oxygen atoms in total. The predicted octanol–water partition coefficient (Wildman–Crippen LogP) is 3.26. The van der Waals surface area contributed by atoms with Crippen LogP contribution in [0.5, 0.6) is 0 Å². The second-order valence-corrected chi connectivity index (χ2v) is 7.65. The van der Waals surface area contributed by atoms with E-state index in [1.807, 2.05) is 24.1 Å². The van der Waals surface area contributed by atoms with E-state index < -0.39 is 24.1 Å². The molecule has 3 heterocycles. The van der Waals surface area contributed by atoms with E-state index in [0.717, 1.165) is 4.68 Å². The number of aromatic amines is 1. The van der Waals surface area contributed by atoms with Gasteiger partial charge in [0, 0.05) is 17.7 Å². The van der Waals surface area contributed by atoms with Crippen LogP contribution in [0, 0.1) is 12.7 Å². The molecule has 0 atom stereocenters. The maximum absolute atomic E-state index is 14.0. The lowest BCUT2D eigenvalue weighted by molar-refractivity contribution is -0.192. The number of halogens is 7. The Balaban J connectivity index is 0.000000505. The molecule has 2 N–H and O–H groups in total. The van der Waals surface area contributed by atoms with Crippen molar-refractivity contribution in [2.45, 2.75) is 25.8 Å². The molecule has 0 radical (unpaired) electrons. The van der Waals surface area contributed by atoms with Crippen molar-refractivity contribution in [3.63, 3.8) is 0 Å². The number of hydrogen-bond acceptors (Lipinski definition) is 9. The van der Waals surface area contributed by atoms with Crippen LogP contribution in [0.15, 0.2) is 22.7 Å². The van der Waals surface area contributed by atoms with E-state index in [1.165, 1.54) is 19.1 Å². The molecule has 0 unspecified atom stereocenters. The van der Waals surface area contributed by atoms with Crippen LogP contribution < -0.4 is 0 Å². The highest BCUT2D eigenvalue weighted by atomic mass is 19.4. The van der Waals surface area contributed by atoms with Gasteiger partial charge in [-0.1, -0.05) is 5.16 Å². The van der Waals surface area contributed by atoms with Gasteiger partial charge in [0.2, 0.25) is 17.5 Å². The molecule has 0 saturated heterocycles. The minimum atomic E-state index is -5.08. The zero-order chi connectivity index (χ0) is 28.4. The first-order chi connectivity index (χ1) is 17.6. The number of hydrogen-bond donors (Lipinski definition) is 2. The molecule has 0 aliphatic heterocycles. The molecular formula is C19H16F7N9O3. The maximum Gasteiger partial charge on any atom is 0.490 e. The fourth-order valence-corrected chi connectivity index (χ4v) is 2.75. The third kappa shape index (κ3) is 6.66. The quantitative estimate of drug-likeness (QED) is 0.354. The maximum atomic E-state index is 14.0. The molecular weight excluding hydrogens is 535 g/mol. The number of nitrogens with zero attached hydrogens (tertiary/aromatic N) is 8. The number of rotatable bonds is 5. The normalized spacial score (nSPS) is 12.0. The number of carboxylic acids is 1. The van der Waals surface area contributed by atoms with E-state index in [2.05, 4.69) is 30.3 Å². The van der Waals surface area contributed by atoms with Crippen molar-refractivity contribution in [1.82, 2.24) is 45.0 Å². The van der Waals surface area contributed by atoms with Gasteiger partial charge >= 0.3 is 18.3 Å².